The molecule has 0 spiro atoms. The number of primary amides is 1. The molecule has 2 atom stereocenters. The lowest BCUT2D eigenvalue weighted by Gasteiger charge is -2.36. The van der Waals surface area contributed by atoms with E-state index in [0.717, 1.165) is 31.6 Å². The summed E-state index contributed by atoms with van der Waals surface area (Å²) in [6.45, 7) is 3.82. The first-order valence-electron chi connectivity index (χ1n) is 6.44. The van der Waals surface area contributed by atoms with E-state index >= 15 is 0 Å². The van der Waals surface area contributed by atoms with Crippen LogP contribution in [0.25, 0.3) is 0 Å². The van der Waals surface area contributed by atoms with Crippen molar-refractivity contribution in [2.45, 2.75) is 32.4 Å². The molecule has 4 N–H and O–H groups in total. The molecule has 2 rings (SSSR count). The molecule has 1 saturated heterocycles. The smallest absolute Gasteiger partial charge is 0.221 e. The molecular formula is C14H21N3O. The van der Waals surface area contributed by atoms with Crippen molar-refractivity contribution in [1.29, 1.82) is 0 Å². The summed E-state index contributed by atoms with van der Waals surface area (Å²) in [6.07, 6.45) is 1.94. The van der Waals surface area contributed by atoms with Crippen molar-refractivity contribution in [3.05, 3.63) is 29.8 Å². The zero-order chi connectivity index (χ0) is 13.1. The number of nitrogens with zero attached hydrogens (tertiary/aromatic N) is 1. The Morgan fingerprint density at radius 3 is 2.61 bits per heavy atom. The number of benzene rings is 1. The molecule has 1 aromatic carbocycles. The van der Waals surface area contributed by atoms with Gasteiger partial charge in [0.1, 0.15) is 0 Å². The van der Waals surface area contributed by atoms with Crippen molar-refractivity contribution < 1.29 is 4.79 Å². The molecular weight excluding hydrogens is 226 g/mol. The molecule has 2 unspecified atom stereocenters. The van der Waals surface area contributed by atoms with E-state index in [4.69, 9.17) is 11.5 Å². The van der Waals surface area contributed by atoms with E-state index in [1.54, 1.807) is 0 Å². The van der Waals surface area contributed by atoms with Gasteiger partial charge in [-0.05, 0) is 37.5 Å². The second-order valence-electron chi connectivity index (χ2n) is 5.20. The van der Waals surface area contributed by atoms with Crippen molar-refractivity contribution in [1.82, 2.24) is 4.90 Å². The fourth-order valence-electron chi connectivity index (χ4n) is 2.49. The maximum Gasteiger partial charge on any atom is 0.221 e. The van der Waals surface area contributed by atoms with Crippen LogP contribution in [-0.2, 0) is 11.3 Å². The highest BCUT2D eigenvalue weighted by Gasteiger charge is 2.28. The summed E-state index contributed by atoms with van der Waals surface area (Å²) in [5.74, 6) is -0.181. The van der Waals surface area contributed by atoms with Crippen LogP contribution >= 0.6 is 0 Å². The molecule has 1 heterocycles. The zero-order valence-corrected chi connectivity index (χ0v) is 10.8. The summed E-state index contributed by atoms with van der Waals surface area (Å²) >= 11 is 0. The summed E-state index contributed by atoms with van der Waals surface area (Å²) < 4.78 is 0. The van der Waals surface area contributed by atoms with Gasteiger partial charge in [-0.1, -0.05) is 12.1 Å². The van der Waals surface area contributed by atoms with Crippen molar-refractivity contribution in [2.75, 3.05) is 12.3 Å². The molecule has 1 amide bonds. The lowest BCUT2D eigenvalue weighted by Crippen LogP contribution is -2.45. The first-order valence-corrected chi connectivity index (χ1v) is 6.44. The molecule has 0 aromatic heterocycles. The highest BCUT2D eigenvalue weighted by molar-refractivity contribution is 5.77. The fourth-order valence-corrected chi connectivity index (χ4v) is 2.49. The Hall–Kier alpha value is -1.55. The van der Waals surface area contributed by atoms with Gasteiger partial charge in [-0.2, -0.15) is 0 Å². The molecule has 4 heteroatoms. The predicted molar refractivity (Wildman–Crippen MR) is 72.6 cm³/mol. The third kappa shape index (κ3) is 3.01. The Bertz CT molecular complexity index is 416. The van der Waals surface area contributed by atoms with Crippen LogP contribution in [0.15, 0.2) is 24.3 Å². The Morgan fingerprint density at radius 2 is 2.00 bits per heavy atom. The highest BCUT2D eigenvalue weighted by Crippen LogP contribution is 2.23. The lowest BCUT2D eigenvalue weighted by molar-refractivity contribution is -0.124. The third-order valence-corrected chi connectivity index (χ3v) is 3.78. The molecule has 1 aliphatic rings. The number of carbonyl (C=O) groups excluding carboxylic acids is 1. The molecule has 1 aromatic rings. The molecule has 98 valence electrons. The van der Waals surface area contributed by atoms with Gasteiger partial charge in [-0.25, -0.2) is 0 Å². The van der Waals surface area contributed by atoms with E-state index in [9.17, 15) is 4.79 Å². The van der Waals surface area contributed by atoms with Crippen LogP contribution in [0.2, 0.25) is 0 Å². The van der Waals surface area contributed by atoms with Gasteiger partial charge in [0.2, 0.25) is 5.91 Å². The van der Waals surface area contributed by atoms with Crippen LogP contribution in [0.3, 0.4) is 0 Å². The van der Waals surface area contributed by atoms with Gasteiger partial charge >= 0.3 is 0 Å². The lowest BCUT2D eigenvalue weighted by atomic mass is 9.92. The number of piperidine rings is 1. The van der Waals surface area contributed by atoms with Gasteiger partial charge in [0.25, 0.3) is 0 Å². The molecule has 0 aliphatic carbocycles. The number of nitrogen functional groups attached to an aromatic ring is 1. The molecule has 1 aliphatic heterocycles. The standard InChI is InChI=1S/C14H21N3O/c1-10-2-5-12(14(16)18)9-17(10)8-11-3-6-13(15)7-4-11/h3-4,6-7,10,12H,2,5,8-9,15H2,1H3,(H2,16,18). The summed E-state index contributed by atoms with van der Waals surface area (Å²) in [4.78, 5) is 13.6. The molecule has 0 saturated carbocycles. The Kier molecular flexibility index (Phi) is 3.87. The van der Waals surface area contributed by atoms with Gasteiger partial charge in [0.05, 0.1) is 5.92 Å². The van der Waals surface area contributed by atoms with E-state index in [1.807, 2.05) is 24.3 Å². The van der Waals surface area contributed by atoms with E-state index in [1.165, 1.54) is 5.56 Å². The second-order valence-corrected chi connectivity index (χ2v) is 5.20. The quantitative estimate of drug-likeness (QED) is 0.792. The minimum Gasteiger partial charge on any atom is -0.399 e. The monoisotopic (exact) mass is 247 g/mol. The number of anilines is 1. The van der Waals surface area contributed by atoms with Crippen molar-refractivity contribution >= 4 is 11.6 Å². The van der Waals surface area contributed by atoms with E-state index in [0.29, 0.717) is 6.04 Å². The van der Waals surface area contributed by atoms with Crippen molar-refractivity contribution in [3.8, 4) is 0 Å². The molecule has 1 fully saturated rings. The number of carbonyl (C=O) groups is 1. The van der Waals surface area contributed by atoms with Crippen LogP contribution in [0.4, 0.5) is 5.69 Å². The van der Waals surface area contributed by atoms with Gasteiger partial charge < -0.3 is 11.5 Å². The van der Waals surface area contributed by atoms with Gasteiger partial charge in [0, 0.05) is 24.8 Å². The fraction of sp³-hybridized carbons (Fsp3) is 0.500. The molecule has 0 bridgehead atoms. The van der Waals surface area contributed by atoms with Crippen molar-refractivity contribution in [3.63, 3.8) is 0 Å². The number of nitrogens with two attached hydrogens (primary N) is 2. The first kappa shape index (κ1) is 12.9. The van der Waals surface area contributed by atoms with Crippen LogP contribution in [0.5, 0.6) is 0 Å². The van der Waals surface area contributed by atoms with Crippen LogP contribution < -0.4 is 11.5 Å². The maximum absolute atomic E-state index is 11.3. The van der Waals surface area contributed by atoms with Crippen LogP contribution in [0.1, 0.15) is 25.3 Å². The van der Waals surface area contributed by atoms with Crippen molar-refractivity contribution in [2.24, 2.45) is 11.7 Å². The van der Waals surface area contributed by atoms with E-state index in [-0.39, 0.29) is 11.8 Å². The van der Waals surface area contributed by atoms with Crippen LogP contribution in [-0.4, -0.2) is 23.4 Å². The number of hydrogen-bond donors (Lipinski definition) is 2. The number of rotatable bonds is 3. The highest BCUT2D eigenvalue weighted by atomic mass is 16.1. The summed E-state index contributed by atoms with van der Waals surface area (Å²) in [7, 11) is 0. The number of hydrogen-bond acceptors (Lipinski definition) is 3. The average Bonchev–Trinajstić information content (AvgIpc) is 2.34. The minimum absolute atomic E-state index is 0.00465. The van der Waals surface area contributed by atoms with Gasteiger partial charge in [-0.3, -0.25) is 9.69 Å². The number of amides is 1. The molecule has 0 radical (unpaired) electrons. The molecule has 4 nitrogen and oxygen atoms in total. The predicted octanol–water partition coefficient (Wildman–Crippen LogP) is 1.35. The maximum atomic E-state index is 11.3. The topological polar surface area (TPSA) is 72.4 Å². The number of likely N-dealkylation sites (tertiary alicyclic amines) is 1. The Labute approximate surface area is 108 Å². The Balaban J connectivity index is 2.02. The Morgan fingerprint density at radius 1 is 1.33 bits per heavy atom. The summed E-state index contributed by atoms with van der Waals surface area (Å²) in [5, 5.41) is 0. The second kappa shape index (κ2) is 5.40. The first-order chi connectivity index (χ1) is 8.56. The SMILES string of the molecule is CC1CCC(C(N)=O)CN1Cc1ccc(N)cc1. The zero-order valence-electron chi connectivity index (χ0n) is 10.8. The minimum atomic E-state index is -0.177. The van der Waals surface area contributed by atoms with Gasteiger partial charge in [-0.15, -0.1) is 0 Å². The third-order valence-electron chi connectivity index (χ3n) is 3.78. The summed E-state index contributed by atoms with van der Waals surface area (Å²) in [6, 6.07) is 8.40. The summed E-state index contributed by atoms with van der Waals surface area (Å²) in [5.41, 5.74) is 13.1. The van der Waals surface area contributed by atoms with Gasteiger partial charge in [0.15, 0.2) is 0 Å². The molecule has 18 heavy (non-hydrogen) atoms. The van der Waals surface area contributed by atoms with Crippen LogP contribution in [0, 0.1) is 5.92 Å². The van der Waals surface area contributed by atoms with E-state index < -0.39 is 0 Å². The van der Waals surface area contributed by atoms with E-state index in [2.05, 4.69) is 11.8 Å². The average molecular weight is 247 g/mol. The normalized spacial score (nSPS) is 24.9. The largest absolute Gasteiger partial charge is 0.399 e.